The van der Waals surface area contributed by atoms with Crippen LogP contribution in [0.5, 0.6) is 0 Å². The van der Waals surface area contributed by atoms with Crippen LogP contribution in [0, 0.1) is 0 Å². The largest absolute Gasteiger partial charge is 0.480 e. The second kappa shape index (κ2) is 6.95. The van der Waals surface area contributed by atoms with Crippen molar-refractivity contribution in [2.75, 3.05) is 11.5 Å². The molecule has 1 unspecified atom stereocenters. The molecule has 0 spiro atoms. The third-order valence-corrected chi connectivity index (χ3v) is 3.30. The van der Waals surface area contributed by atoms with E-state index in [1.54, 1.807) is 6.20 Å². The zero-order valence-corrected chi connectivity index (χ0v) is 10.3. The smallest absolute Gasteiger partial charge is 0.327 e. The number of thioether (sulfide) groups is 1. The van der Waals surface area contributed by atoms with Crippen molar-refractivity contribution in [3.05, 3.63) is 18.2 Å². The van der Waals surface area contributed by atoms with E-state index in [1.807, 2.05) is 17.8 Å². The molecule has 7 heteroatoms. The highest BCUT2D eigenvalue weighted by molar-refractivity contribution is 7.99. The van der Waals surface area contributed by atoms with Crippen molar-refractivity contribution >= 4 is 24.1 Å². The van der Waals surface area contributed by atoms with Gasteiger partial charge in [-0.05, 0) is 0 Å². The van der Waals surface area contributed by atoms with Gasteiger partial charge in [-0.1, -0.05) is 0 Å². The van der Waals surface area contributed by atoms with Crippen LogP contribution in [-0.2, 0) is 23.1 Å². The number of amides is 1. The average Bonchev–Trinajstić information content (AvgIpc) is 2.68. The van der Waals surface area contributed by atoms with Gasteiger partial charge in [0, 0.05) is 37.4 Å². The van der Waals surface area contributed by atoms with Gasteiger partial charge < -0.3 is 15.0 Å². The zero-order chi connectivity index (χ0) is 12.7. The Hall–Kier alpha value is -1.50. The molecule has 1 amide bonds. The van der Waals surface area contributed by atoms with Gasteiger partial charge in [-0.3, -0.25) is 4.79 Å². The fourth-order valence-corrected chi connectivity index (χ4v) is 2.24. The minimum atomic E-state index is -1.01. The number of hydrogen-bond donors (Lipinski definition) is 2. The first-order chi connectivity index (χ1) is 8.15. The maximum absolute atomic E-state index is 10.7. The highest BCUT2D eigenvalue weighted by atomic mass is 32.2. The van der Waals surface area contributed by atoms with Crippen molar-refractivity contribution in [1.82, 2.24) is 14.9 Å². The Morgan fingerprint density at radius 3 is 3.06 bits per heavy atom. The van der Waals surface area contributed by atoms with Crippen molar-refractivity contribution in [2.45, 2.75) is 12.5 Å². The van der Waals surface area contributed by atoms with Gasteiger partial charge in [0.2, 0.25) is 6.41 Å². The molecule has 1 atom stereocenters. The Balaban J connectivity index is 2.25. The molecule has 0 aliphatic carbocycles. The van der Waals surface area contributed by atoms with E-state index >= 15 is 0 Å². The molecule has 1 heterocycles. The summed E-state index contributed by atoms with van der Waals surface area (Å²) >= 11 is 1.48. The van der Waals surface area contributed by atoms with Gasteiger partial charge in [0.1, 0.15) is 11.9 Å². The predicted molar refractivity (Wildman–Crippen MR) is 64.9 cm³/mol. The van der Waals surface area contributed by atoms with E-state index in [4.69, 9.17) is 5.11 Å². The number of carbonyl (C=O) groups excluding carboxylic acids is 1. The second-order valence-corrected chi connectivity index (χ2v) is 4.60. The third kappa shape index (κ3) is 4.48. The van der Waals surface area contributed by atoms with Crippen LogP contribution in [0.2, 0.25) is 0 Å². The molecule has 0 radical (unpaired) electrons. The predicted octanol–water partition coefficient (Wildman–Crippen LogP) is -0.105. The highest BCUT2D eigenvalue weighted by Gasteiger charge is 2.15. The van der Waals surface area contributed by atoms with Gasteiger partial charge in [0.15, 0.2) is 0 Å². The van der Waals surface area contributed by atoms with Gasteiger partial charge in [-0.2, -0.15) is 11.8 Å². The van der Waals surface area contributed by atoms with Crippen LogP contribution in [0.15, 0.2) is 12.4 Å². The molecule has 0 fully saturated rings. The van der Waals surface area contributed by atoms with E-state index in [1.165, 1.54) is 11.8 Å². The molecule has 0 aliphatic rings. The van der Waals surface area contributed by atoms with E-state index in [0.717, 1.165) is 18.0 Å². The number of rotatable bonds is 8. The number of carbonyl (C=O) groups is 2. The molecule has 0 aromatic carbocycles. The Bertz CT molecular complexity index is 381. The number of aromatic nitrogens is 2. The molecule has 0 saturated carbocycles. The minimum absolute atomic E-state index is 0.360. The average molecular weight is 257 g/mol. The molecule has 0 aliphatic heterocycles. The number of hydrogen-bond acceptors (Lipinski definition) is 4. The molecule has 0 bridgehead atoms. The van der Waals surface area contributed by atoms with E-state index in [9.17, 15) is 9.59 Å². The normalized spacial score (nSPS) is 12.1. The number of nitrogens with one attached hydrogen (secondary N) is 1. The quantitative estimate of drug-likeness (QED) is 0.501. The van der Waals surface area contributed by atoms with Crippen molar-refractivity contribution in [3.8, 4) is 0 Å². The lowest BCUT2D eigenvalue weighted by Gasteiger charge is -2.10. The van der Waals surface area contributed by atoms with Crippen LogP contribution in [0.3, 0.4) is 0 Å². The summed E-state index contributed by atoms with van der Waals surface area (Å²) in [5.74, 6) is 1.09. The lowest BCUT2D eigenvalue weighted by atomic mass is 10.3. The van der Waals surface area contributed by atoms with Crippen LogP contribution >= 0.6 is 11.8 Å². The fraction of sp³-hybridized carbons (Fsp3) is 0.500. The third-order valence-electron chi connectivity index (χ3n) is 2.24. The fourth-order valence-electron chi connectivity index (χ4n) is 1.27. The van der Waals surface area contributed by atoms with Crippen LogP contribution in [0.25, 0.3) is 0 Å². The Labute approximate surface area is 103 Å². The Kier molecular flexibility index (Phi) is 5.55. The zero-order valence-electron chi connectivity index (χ0n) is 9.50. The lowest BCUT2D eigenvalue weighted by Crippen LogP contribution is -2.37. The van der Waals surface area contributed by atoms with E-state index in [0.29, 0.717) is 12.2 Å². The van der Waals surface area contributed by atoms with Gasteiger partial charge in [-0.25, -0.2) is 9.78 Å². The second-order valence-electron chi connectivity index (χ2n) is 3.45. The number of carboxylic acids is 1. The molecule has 1 aromatic heterocycles. The SMILES string of the molecule is Cn1ccnc1CCSCC(NC=O)C(=O)O. The summed E-state index contributed by atoms with van der Waals surface area (Å²) in [6, 6.07) is -0.820. The number of imidazole rings is 1. The number of aryl methyl sites for hydroxylation is 2. The molecular weight excluding hydrogens is 242 g/mol. The first-order valence-corrected chi connectivity index (χ1v) is 6.27. The first kappa shape index (κ1) is 13.6. The van der Waals surface area contributed by atoms with Gasteiger partial charge in [0.25, 0.3) is 0 Å². The van der Waals surface area contributed by atoms with Crippen LogP contribution in [0.4, 0.5) is 0 Å². The summed E-state index contributed by atoms with van der Waals surface area (Å²) in [6.45, 7) is 0. The number of aliphatic carboxylic acids is 1. The van der Waals surface area contributed by atoms with Crippen molar-refractivity contribution in [2.24, 2.45) is 7.05 Å². The molecular formula is C10H15N3O3S. The molecule has 94 valence electrons. The Morgan fingerprint density at radius 1 is 1.76 bits per heavy atom. The summed E-state index contributed by atoms with van der Waals surface area (Å²) in [5, 5.41) is 11.0. The summed E-state index contributed by atoms with van der Waals surface area (Å²) in [5.41, 5.74) is 0. The summed E-state index contributed by atoms with van der Waals surface area (Å²) in [7, 11) is 1.92. The lowest BCUT2D eigenvalue weighted by molar-refractivity contribution is -0.139. The monoisotopic (exact) mass is 257 g/mol. The van der Waals surface area contributed by atoms with Gasteiger partial charge >= 0.3 is 5.97 Å². The summed E-state index contributed by atoms with van der Waals surface area (Å²) in [6.07, 6.45) is 4.79. The van der Waals surface area contributed by atoms with E-state index in [2.05, 4.69) is 10.3 Å². The van der Waals surface area contributed by atoms with Crippen molar-refractivity contribution in [1.29, 1.82) is 0 Å². The molecule has 1 aromatic rings. The van der Waals surface area contributed by atoms with Crippen molar-refractivity contribution < 1.29 is 14.7 Å². The van der Waals surface area contributed by atoms with E-state index < -0.39 is 12.0 Å². The molecule has 2 N–H and O–H groups in total. The van der Waals surface area contributed by atoms with Crippen LogP contribution in [0.1, 0.15) is 5.82 Å². The summed E-state index contributed by atoms with van der Waals surface area (Å²) in [4.78, 5) is 25.1. The molecule has 1 rings (SSSR count). The maximum atomic E-state index is 10.7. The standard InChI is InChI=1S/C10H15N3O3S/c1-13-4-3-11-9(13)2-5-17-6-8(10(15)16)12-7-14/h3-4,7-8H,2,5-6H2,1H3,(H,12,14)(H,15,16). The molecule has 0 saturated heterocycles. The highest BCUT2D eigenvalue weighted by Crippen LogP contribution is 2.07. The summed E-state index contributed by atoms with van der Waals surface area (Å²) < 4.78 is 1.93. The topological polar surface area (TPSA) is 84.2 Å². The first-order valence-electron chi connectivity index (χ1n) is 5.11. The van der Waals surface area contributed by atoms with Gasteiger partial charge in [0.05, 0.1) is 0 Å². The molecule has 17 heavy (non-hydrogen) atoms. The van der Waals surface area contributed by atoms with Crippen LogP contribution < -0.4 is 5.32 Å². The number of nitrogens with zero attached hydrogens (tertiary/aromatic N) is 2. The molecule has 6 nitrogen and oxygen atoms in total. The van der Waals surface area contributed by atoms with Crippen LogP contribution in [-0.4, -0.2) is 44.6 Å². The van der Waals surface area contributed by atoms with Crippen molar-refractivity contribution in [3.63, 3.8) is 0 Å². The van der Waals surface area contributed by atoms with E-state index in [-0.39, 0.29) is 0 Å². The number of carboxylic acid groups (broad SMARTS) is 1. The maximum Gasteiger partial charge on any atom is 0.327 e. The minimum Gasteiger partial charge on any atom is -0.480 e. The van der Waals surface area contributed by atoms with Gasteiger partial charge in [-0.15, -0.1) is 0 Å². The Morgan fingerprint density at radius 2 is 2.53 bits per heavy atom.